The topological polar surface area (TPSA) is 91.0 Å². The molecule has 0 amide bonds. The number of carboxylic acids is 1. The summed E-state index contributed by atoms with van der Waals surface area (Å²) in [5, 5.41) is 12.9. The largest absolute Gasteiger partial charge is 2.00 e. The SMILES string of the molecule is Cc1noc(C)c1-c1cccc(COc2ccc(C3(OCC(=O)O)COC3)cc2)c1.[Ca+2].[H-].[H-]. The van der Waals surface area contributed by atoms with Crippen molar-refractivity contribution < 1.29 is 31.5 Å². The minimum Gasteiger partial charge on any atom is -1.00 e. The van der Waals surface area contributed by atoms with Crippen molar-refractivity contribution in [2.75, 3.05) is 19.8 Å². The number of hydrogen-bond acceptors (Lipinski definition) is 6. The number of aromatic nitrogens is 1. The first-order chi connectivity index (χ1) is 14.5. The van der Waals surface area contributed by atoms with Crippen molar-refractivity contribution in [3.05, 3.63) is 71.1 Å². The van der Waals surface area contributed by atoms with Crippen molar-refractivity contribution in [3.8, 4) is 16.9 Å². The predicted molar refractivity (Wildman–Crippen MR) is 116 cm³/mol. The molecule has 0 aliphatic carbocycles. The summed E-state index contributed by atoms with van der Waals surface area (Å²) in [5.74, 6) is 0.510. The Morgan fingerprint density at radius 3 is 2.52 bits per heavy atom. The number of hydrogen-bond donors (Lipinski definition) is 1. The van der Waals surface area contributed by atoms with Gasteiger partial charge in [-0.3, -0.25) is 0 Å². The normalized spacial score (nSPS) is 14.4. The van der Waals surface area contributed by atoms with Crippen LogP contribution in [-0.4, -0.2) is 73.8 Å². The van der Waals surface area contributed by atoms with Gasteiger partial charge in [0, 0.05) is 5.56 Å². The summed E-state index contributed by atoms with van der Waals surface area (Å²) in [5.41, 5.74) is 4.13. The molecule has 7 nitrogen and oxygen atoms in total. The van der Waals surface area contributed by atoms with E-state index in [-0.39, 0.29) is 47.2 Å². The second-order valence-electron chi connectivity index (χ2n) is 7.38. The van der Waals surface area contributed by atoms with E-state index in [2.05, 4.69) is 11.2 Å². The van der Waals surface area contributed by atoms with E-state index in [1.165, 1.54) is 0 Å². The Bertz CT molecular complexity index is 1030. The van der Waals surface area contributed by atoms with Gasteiger partial charge >= 0.3 is 43.7 Å². The molecule has 0 saturated carbocycles. The molecule has 1 aliphatic rings. The van der Waals surface area contributed by atoms with Crippen LogP contribution in [0.25, 0.3) is 11.1 Å². The van der Waals surface area contributed by atoms with Crippen molar-refractivity contribution in [2.45, 2.75) is 26.1 Å². The van der Waals surface area contributed by atoms with Crippen LogP contribution in [0.15, 0.2) is 53.1 Å². The summed E-state index contributed by atoms with van der Waals surface area (Å²) in [7, 11) is 0. The van der Waals surface area contributed by atoms with E-state index in [1.807, 2.05) is 56.3 Å². The Morgan fingerprint density at radius 1 is 1.19 bits per heavy atom. The Balaban J connectivity index is 0.00000181. The maximum absolute atomic E-state index is 10.8. The fourth-order valence-corrected chi connectivity index (χ4v) is 3.55. The van der Waals surface area contributed by atoms with Crippen LogP contribution in [0.1, 0.15) is 25.4 Å². The molecule has 0 spiro atoms. The monoisotopic (exact) mass is 451 g/mol. The van der Waals surface area contributed by atoms with E-state index in [9.17, 15) is 4.79 Å². The number of aliphatic carboxylic acids is 1. The molecule has 31 heavy (non-hydrogen) atoms. The van der Waals surface area contributed by atoms with Crippen LogP contribution in [-0.2, 0) is 26.5 Å². The Hall–Kier alpha value is -1.90. The van der Waals surface area contributed by atoms with Crippen molar-refractivity contribution in [1.29, 1.82) is 0 Å². The first-order valence-electron chi connectivity index (χ1n) is 9.66. The first kappa shape index (κ1) is 23.8. The molecular weight excluding hydrogens is 426 g/mol. The predicted octanol–water partition coefficient (Wildman–Crippen LogP) is 3.71. The fraction of sp³-hybridized carbons (Fsp3) is 0.304. The zero-order chi connectivity index (χ0) is 21.1. The smallest absolute Gasteiger partial charge is 1.00 e. The Morgan fingerprint density at radius 2 is 1.94 bits per heavy atom. The van der Waals surface area contributed by atoms with Crippen molar-refractivity contribution in [2.24, 2.45) is 0 Å². The third-order valence-corrected chi connectivity index (χ3v) is 5.18. The quantitative estimate of drug-likeness (QED) is 0.522. The Labute approximate surface area is 213 Å². The molecule has 2 aromatic carbocycles. The van der Waals surface area contributed by atoms with Gasteiger partial charge in [0.1, 0.15) is 30.3 Å². The van der Waals surface area contributed by atoms with Gasteiger partial charge in [-0.2, -0.15) is 0 Å². The van der Waals surface area contributed by atoms with Crippen LogP contribution in [0.4, 0.5) is 0 Å². The molecule has 1 saturated heterocycles. The molecule has 1 fully saturated rings. The standard InChI is InChI=1S/C23H23NO6.Ca.2H/c1-15-22(16(2)30-24-15)18-5-3-4-17(10-18)11-28-20-8-6-19(7-9-20)23(13-27-14-23)29-12-21(25)26;;;/h3-10H,11-14H2,1-2H3,(H,25,26);;;/q;+2;2*-1. The van der Waals surface area contributed by atoms with Gasteiger partial charge in [-0.05, 0) is 48.7 Å². The molecule has 1 aliphatic heterocycles. The molecule has 160 valence electrons. The van der Waals surface area contributed by atoms with Gasteiger partial charge in [-0.15, -0.1) is 0 Å². The van der Waals surface area contributed by atoms with Crippen molar-refractivity contribution >= 4 is 43.7 Å². The van der Waals surface area contributed by atoms with E-state index >= 15 is 0 Å². The molecule has 0 unspecified atom stereocenters. The third kappa shape index (κ3) is 5.30. The van der Waals surface area contributed by atoms with Crippen LogP contribution < -0.4 is 4.74 Å². The number of aryl methyl sites for hydroxylation is 2. The summed E-state index contributed by atoms with van der Waals surface area (Å²) in [6.45, 7) is 4.57. The van der Waals surface area contributed by atoms with Crippen LogP contribution in [0, 0.1) is 13.8 Å². The maximum atomic E-state index is 10.8. The van der Waals surface area contributed by atoms with Gasteiger partial charge in [0.2, 0.25) is 0 Å². The average molecular weight is 452 g/mol. The molecule has 3 aromatic rings. The van der Waals surface area contributed by atoms with E-state index in [4.69, 9.17) is 23.8 Å². The van der Waals surface area contributed by atoms with Crippen molar-refractivity contribution in [3.63, 3.8) is 0 Å². The zero-order valence-corrected chi connectivity index (χ0v) is 19.8. The number of benzene rings is 2. The molecule has 4 rings (SSSR count). The minimum atomic E-state index is -1.000. The van der Waals surface area contributed by atoms with Crippen LogP contribution in [0.5, 0.6) is 5.75 Å². The molecule has 0 bridgehead atoms. The van der Waals surface area contributed by atoms with Gasteiger partial charge in [0.05, 0.1) is 18.9 Å². The van der Waals surface area contributed by atoms with Gasteiger partial charge in [-0.1, -0.05) is 35.5 Å². The molecule has 8 heteroatoms. The summed E-state index contributed by atoms with van der Waals surface area (Å²) in [4.78, 5) is 10.8. The van der Waals surface area contributed by atoms with Crippen LogP contribution in [0.2, 0.25) is 0 Å². The summed E-state index contributed by atoms with van der Waals surface area (Å²) >= 11 is 0. The van der Waals surface area contributed by atoms with E-state index < -0.39 is 11.6 Å². The van der Waals surface area contributed by atoms with Gasteiger partial charge < -0.3 is 26.7 Å². The summed E-state index contributed by atoms with van der Waals surface area (Å²) in [6.07, 6.45) is 0. The molecule has 1 aromatic heterocycles. The van der Waals surface area contributed by atoms with Gasteiger partial charge in [0.15, 0.2) is 0 Å². The third-order valence-electron chi connectivity index (χ3n) is 5.18. The van der Waals surface area contributed by atoms with Crippen LogP contribution >= 0.6 is 0 Å². The number of nitrogens with zero attached hydrogens (tertiary/aromatic N) is 1. The van der Waals surface area contributed by atoms with Crippen molar-refractivity contribution in [1.82, 2.24) is 5.16 Å². The molecule has 0 atom stereocenters. The first-order valence-corrected chi connectivity index (χ1v) is 9.66. The average Bonchev–Trinajstić information content (AvgIpc) is 3.04. The summed E-state index contributed by atoms with van der Waals surface area (Å²) in [6, 6.07) is 15.6. The molecule has 1 N–H and O–H groups in total. The molecule has 0 radical (unpaired) electrons. The fourth-order valence-electron chi connectivity index (χ4n) is 3.55. The molecular formula is C23H25CaNO6. The number of carboxylic acid groups (broad SMARTS) is 1. The second-order valence-corrected chi connectivity index (χ2v) is 7.38. The second kappa shape index (κ2) is 10.1. The van der Waals surface area contributed by atoms with E-state index in [1.54, 1.807) is 0 Å². The number of rotatable bonds is 8. The number of carbonyl (C=O) groups is 1. The Kier molecular flexibility index (Phi) is 7.78. The van der Waals surface area contributed by atoms with Gasteiger partial charge in [0.25, 0.3) is 0 Å². The van der Waals surface area contributed by atoms with E-state index in [0.717, 1.165) is 39.5 Å². The molecule has 2 heterocycles. The minimum absolute atomic E-state index is 0. The summed E-state index contributed by atoms with van der Waals surface area (Å²) < 4.78 is 22.0. The maximum Gasteiger partial charge on any atom is 2.00 e. The van der Waals surface area contributed by atoms with E-state index in [0.29, 0.717) is 19.8 Å². The number of ether oxygens (including phenoxy) is 3. The van der Waals surface area contributed by atoms with Crippen LogP contribution in [0.3, 0.4) is 0 Å². The van der Waals surface area contributed by atoms with Gasteiger partial charge in [-0.25, -0.2) is 4.79 Å². The zero-order valence-electron chi connectivity index (χ0n) is 19.6.